The van der Waals surface area contributed by atoms with Crippen LogP contribution in [0.3, 0.4) is 0 Å². The van der Waals surface area contributed by atoms with Crippen LogP contribution in [0.15, 0.2) is 110 Å². The van der Waals surface area contributed by atoms with Crippen LogP contribution in [0.1, 0.15) is 6.92 Å². The first-order chi connectivity index (χ1) is 18.0. The minimum Gasteiger partial charge on any atom is -0.399 e. The largest absolute Gasteiger partial charge is 0.399 e. The van der Waals surface area contributed by atoms with Gasteiger partial charge in [-0.15, -0.1) is 0 Å². The van der Waals surface area contributed by atoms with E-state index in [0.29, 0.717) is 0 Å². The Morgan fingerprint density at radius 1 is 0.784 bits per heavy atom. The SMILES string of the molecule is CCO.Nc1ccc(-c2cn3ccccc3n2)cc1.O=[N+]([O-])c1ccc(-c2cn3ccccc3n2)cc1. The van der Waals surface area contributed by atoms with E-state index in [1.54, 1.807) is 19.1 Å². The van der Waals surface area contributed by atoms with Gasteiger partial charge in [0.15, 0.2) is 0 Å². The first-order valence-corrected chi connectivity index (χ1v) is 11.6. The molecule has 6 rings (SSSR count). The smallest absolute Gasteiger partial charge is 0.269 e. The molecule has 0 bridgehead atoms. The second-order valence-electron chi connectivity index (χ2n) is 7.93. The summed E-state index contributed by atoms with van der Waals surface area (Å²) in [5.74, 6) is 0. The van der Waals surface area contributed by atoms with Crippen LogP contribution in [0.25, 0.3) is 33.8 Å². The van der Waals surface area contributed by atoms with Gasteiger partial charge in [0, 0.05) is 60.3 Å². The van der Waals surface area contributed by atoms with E-state index >= 15 is 0 Å². The van der Waals surface area contributed by atoms with E-state index in [1.165, 1.54) is 12.1 Å². The summed E-state index contributed by atoms with van der Waals surface area (Å²) in [7, 11) is 0. The molecule has 2 aromatic carbocycles. The molecule has 9 heteroatoms. The van der Waals surface area contributed by atoms with Gasteiger partial charge in [0.25, 0.3) is 5.69 Å². The van der Waals surface area contributed by atoms with E-state index in [9.17, 15) is 10.1 Å². The van der Waals surface area contributed by atoms with Crippen LogP contribution in [0.5, 0.6) is 0 Å². The number of benzene rings is 2. The number of aliphatic hydroxyl groups is 1. The molecule has 186 valence electrons. The summed E-state index contributed by atoms with van der Waals surface area (Å²) in [6, 6.07) is 25.8. The number of nitrogens with two attached hydrogens (primary N) is 1. The van der Waals surface area contributed by atoms with Crippen LogP contribution < -0.4 is 5.73 Å². The monoisotopic (exact) mass is 494 g/mol. The third kappa shape index (κ3) is 6.16. The number of pyridine rings is 2. The van der Waals surface area contributed by atoms with Gasteiger partial charge in [0.2, 0.25) is 0 Å². The molecule has 0 atom stereocenters. The number of nitro groups is 1. The molecular weight excluding hydrogens is 468 g/mol. The topological polar surface area (TPSA) is 124 Å². The van der Waals surface area contributed by atoms with Gasteiger partial charge in [-0.3, -0.25) is 10.1 Å². The molecule has 0 aliphatic heterocycles. The van der Waals surface area contributed by atoms with Crippen molar-refractivity contribution in [2.75, 3.05) is 12.3 Å². The van der Waals surface area contributed by atoms with E-state index in [2.05, 4.69) is 9.97 Å². The van der Waals surface area contributed by atoms with Gasteiger partial charge in [0.1, 0.15) is 11.3 Å². The molecule has 6 aromatic rings. The maximum atomic E-state index is 10.6. The zero-order chi connectivity index (χ0) is 26.2. The van der Waals surface area contributed by atoms with Crippen molar-refractivity contribution >= 4 is 22.7 Å². The average Bonchev–Trinajstić information content (AvgIpc) is 3.55. The highest BCUT2D eigenvalue weighted by atomic mass is 16.6. The molecule has 0 radical (unpaired) electrons. The number of rotatable bonds is 3. The number of nitrogens with zero attached hydrogens (tertiary/aromatic N) is 5. The maximum absolute atomic E-state index is 10.6. The normalized spacial score (nSPS) is 10.3. The van der Waals surface area contributed by atoms with Crippen LogP contribution in [0.2, 0.25) is 0 Å². The zero-order valence-corrected chi connectivity index (χ0v) is 20.2. The summed E-state index contributed by atoms with van der Waals surface area (Å²) < 4.78 is 3.92. The Morgan fingerprint density at radius 2 is 1.22 bits per heavy atom. The fourth-order valence-corrected chi connectivity index (χ4v) is 3.56. The molecule has 9 nitrogen and oxygen atoms in total. The van der Waals surface area contributed by atoms with Crippen molar-refractivity contribution in [1.29, 1.82) is 0 Å². The third-order valence-electron chi connectivity index (χ3n) is 5.31. The number of fused-ring (bicyclic) bond motifs is 2. The second kappa shape index (κ2) is 11.6. The molecule has 3 N–H and O–H groups in total. The zero-order valence-electron chi connectivity index (χ0n) is 20.2. The lowest BCUT2D eigenvalue weighted by molar-refractivity contribution is -0.384. The Kier molecular flexibility index (Phi) is 7.87. The van der Waals surface area contributed by atoms with E-state index in [-0.39, 0.29) is 12.3 Å². The summed E-state index contributed by atoms with van der Waals surface area (Å²) in [5, 5.41) is 18.1. The van der Waals surface area contributed by atoms with Gasteiger partial charge in [-0.05, 0) is 55.5 Å². The lowest BCUT2D eigenvalue weighted by Crippen LogP contribution is -1.87. The molecule has 0 fully saturated rings. The number of hydrogen-bond acceptors (Lipinski definition) is 6. The van der Waals surface area contributed by atoms with Crippen LogP contribution in [-0.4, -0.2) is 35.4 Å². The Balaban J connectivity index is 0.000000157. The fourth-order valence-electron chi connectivity index (χ4n) is 3.56. The number of hydrogen-bond donors (Lipinski definition) is 2. The molecular formula is C28H26N6O3. The number of nitrogen functional groups attached to an aromatic ring is 1. The first-order valence-electron chi connectivity index (χ1n) is 11.6. The number of non-ortho nitro benzene ring substituents is 1. The quantitative estimate of drug-likeness (QED) is 0.190. The van der Waals surface area contributed by atoms with E-state index < -0.39 is 4.92 Å². The van der Waals surface area contributed by atoms with Gasteiger partial charge in [-0.1, -0.05) is 24.3 Å². The molecule has 0 saturated carbocycles. The van der Waals surface area contributed by atoms with Gasteiger partial charge < -0.3 is 19.6 Å². The fraction of sp³-hybridized carbons (Fsp3) is 0.0714. The minimum atomic E-state index is -0.409. The summed E-state index contributed by atoms with van der Waals surface area (Å²) in [4.78, 5) is 19.2. The van der Waals surface area contributed by atoms with Crippen molar-refractivity contribution in [3.8, 4) is 22.5 Å². The van der Waals surface area contributed by atoms with Crippen molar-refractivity contribution in [3.05, 3.63) is 120 Å². The predicted octanol–water partition coefficient (Wildman–Crippen LogP) is 5.49. The van der Waals surface area contributed by atoms with Crippen LogP contribution in [0, 0.1) is 10.1 Å². The molecule has 0 aliphatic rings. The number of nitro benzene ring substituents is 1. The van der Waals surface area contributed by atoms with Crippen LogP contribution >= 0.6 is 0 Å². The molecule has 0 spiro atoms. The average molecular weight is 495 g/mol. The third-order valence-corrected chi connectivity index (χ3v) is 5.31. The Hall–Kier alpha value is -5.02. The van der Waals surface area contributed by atoms with Crippen molar-refractivity contribution in [2.45, 2.75) is 6.92 Å². The highest BCUT2D eigenvalue weighted by Crippen LogP contribution is 2.22. The summed E-state index contributed by atoms with van der Waals surface area (Å²) in [6.07, 6.45) is 7.82. The molecule has 0 saturated heterocycles. The highest BCUT2D eigenvalue weighted by molar-refractivity contribution is 5.65. The lowest BCUT2D eigenvalue weighted by Gasteiger charge is -1.96. The summed E-state index contributed by atoms with van der Waals surface area (Å²) in [5.41, 5.74) is 12.0. The maximum Gasteiger partial charge on any atom is 0.269 e. The second-order valence-corrected chi connectivity index (χ2v) is 7.93. The Morgan fingerprint density at radius 3 is 1.62 bits per heavy atom. The highest BCUT2D eigenvalue weighted by Gasteiger charge is 2.07. The van der Waals surface area contributed by atoms with Crippen LogP contribution in [-0.2, 0) is 0 Å². The van der Waals surface area contributed by atoms with Crippen molar-refractivity contribution < 1.29 is 10.0 Å². The van der Waals surface area contributed by atoms with Gasteiger partial charge in [-0.25, -0.2) is 9.97 Å². The Bertz CT molecular complexity index is 1540. The van der Waals surface area contributed by atoms with Crippen LogP contribution in [0.4, 0.5) is 11.4 Å². The summed E-state index contributed by atoms with van der Waals surface area (Å²) >= 11 is 0. The standard InChI is InChI=1S/C13H9N3O2.C13H11N3.C2H6O/c17-16(18)11-6-4-10(5-7-11)12-9-15-8-2-1-3-13(15)14-12;14-11-6-4-10(5-7-11)12-9-16-8-2-1-3-13(16)15-12;1-2-3/h1-9H;1-9H,14H2;3H,2H2,1H3. The van der Waals surface area contributed by atoms with Gasteiger partial charge in [-0.2, -0.15) is 0 Å². The number of anilines is 1. The number of aliphatic hydroxyl groups excluding tert-OH is 1. The first kappa shape index (κ1) is 25.1. The van der Waals surface area contributed by atoms with Gasteiger partial charge in [0.05, 0.1) is 16.3 Å². The van der Waals surface area contributed by atoms with E-state index in [1.807, 2.05) is 94.3 Å². The molecule has 0 aliphatic carbocycles. The predicted molar refractivity (Wildman–Crippen MR) is 145 cm³/mol. The van der Waals surface area contributed by atoms with Crippen molar-refractivity contribution in [2.24, 2.45) is 0 Å². The molecule has 4 heterocycles. The number of aromatic nitrogens is 4. The minimum absolute atomic E-state index is 0.0857. The summed E-state index contributed by atoms with van der Waals surface area (Å²) in [6.45, 7) is 1.93. The van der Waals surface area contributed by atoms with E-state index in [0.717, 1.165) is 39.5 Å². The molecule has 0 unspecified atom stereocenters. The molecule has 4 aromatic heterocycles. The molecule has 0 amide bonds. The van der Waals surface area contributed by atoms with Crippen molar-refractivity contribution in [3.63, 3.8) is 0 Å². The van der Waals surface area contributed by atoms with Crippen molar-refractivity contribution in [1.82, 2.24) is 18.8 Å². The van der Waals surface area contributed by atoms with E-state index in [4.69, 9.17) is 10.8 Å². The van der Waals surface area contributed by atoms with Gasteiger partial charge >= 0.3 is 0 Å². The molecule has 37 heavy (non-hydrogen) atoms. The Labute approximate surface area is 213 Å². The lowest BCUT2D eigenvalue weighted by atomic mass is 10.1. The number of imidazole rings is 2.